The van der Waals surface area contributed by atoms with Gasteiger partial charge in [-0.3, -0.25) is 0 Å². The summed E-state index contributed by atoms with van der Waals surface area (Å²) in [6.45, 7) is -1.24. The van der Waals surface area contributed by atoms with Crippen LogP contribution in [-0.2, 0) is 12.3 Å². The van der Waals surface area contributed by atoms with Crippen LogP contribution in [0.3, 0.4) is 0 Å². The van der Waals surface area contributed by atoms with E-state index in [2.05, 4.69) is 15.5 Å². The molecule has 0 saturated heterocycles. The summed E-state index contributed by atoms with van der Waals surface area (Å²) >= 11 is 13.0. The average Bonchev–Trinajstić information content (AvgIpc) is 2.73. The molecule has 20 heavy (non-hydrogen) atoms. The van der Waals surface area contributed by atoms with E-state index in [1.807, 2.05) is 0 Å². The van der Waals surface area contributed by atoms with E-state index in [1.54, 1.807) is 18.2 Å². The van der Waals surface area contributed by atoms with Crippen molar-refractivity contribution >= 4 is 35.0 Å². The molecule has 0 atom stereocenters. The summed E-state index contributed by atoms with van der Waals surface area (Å²) in [5.41, 5.74) is 0.627. The lowest BCUT2D eigenvalue weighted by Gasteiger charge is -2.08. The molecule has 0 spiro atoms. The van der Waals surface area contributed by atoms with Gasteiger partial charge in [0.2, 0.25) is 5.16 Å². The molecule has 0 unspecified atom stereocenters. The minimum absolute atomic E-state index is 0.0540. The Bertz CT molecular complexity index is 582. The Morgan fingerprint density at radius 2 is 1.85 bits per heavy atom. The third kappa shape index (κ3) is 4.00. The van der Waals surface area contributed by atoms with Crippen LogP contribution < -0.4 is 0 Å². The van der Waals surface area contributed by atoms with E-state index in [-0.39, 0.29) is 10.9 Å². The topological polar surface area (TPSA) is 43.6 Å². The predicted molar refractivity (Wildman–Crippen MR) is 69.9 cm³/mol. The average molecular weight is 343 g/mol. The maximum absolute atomic E-state index is 12.3. The van der Waals surface area contributed by atoms with Gasteiger partial charge >= 0.3 is 6.18 Å². The third-order valence-electron chi connectivity index (χ3n) is 2.24. The predicted octanol–water partition coefficient (Wildman–Crippen LogP) is 3.83. The van der Waals surface area contributed by atoms with Crippen molar-refractivity contribution in [2.75, 3.05) is 0 Å². The fourth-order valence-electron chi connectivity index (χ4n) is 1.38. The first-order valence-electron chi connectivity index (χ1n) is 5.25. The Balaban J connectivity index is 2.10. The van der Waals surface area contributed by atoms with Gasteiger partial charge in [-0.15, -0.1) is 5.10 Å². The molecule has 0 aliphatic heterocycles. The highest BCUT2D eigenvalue weighted by Gasteiger charge is 2.30. The van der Waals surface area contributed by atoms with E-state index in [0.717, 1.165) is 11.8 Å². The van der Waals surface area contributed by atoms with E-state index in [0.29, 0.717) is 20.3 Å². The van der Waals surface area contributed by atoms with Crippen molar-refractivity contribution in [3.05, 3.63) is 33.8 Å². The molecule has 1 heterocycles. The normalized spacial score (nSPS) is 11.8. The maximum Gasteiger partial charge on any atom is 0.408 e. The Labute approximate surface area is 126 Å². The minimum Gasteiger partial charge on any atom is -0.211 e. The molecule has 0 N–H and O–H groups in total. The van der Waals surface area contributed by atoms with Crippen molar-refractivity contribution in [2.45, 2.75) is 23.6 Å². The monoisotopic (exact) mass is 342 g/mol. The molecule has 108 valence electrons. The van der Waals surface area contributed by atoms with Crippen LogP contribution in [0.25, 0.3) is 0 Å². The summed E-state index contributed by atoms with van der Waals surface area (Å²) in [6, 6.07) is 5.00. The molecule has 4 nitrogen and oxygen atoms in total. The lowest BCUT2D eigenvalue weighted by Crippen LogP contribution is -2.19. The van der Waals surface area contributed by atoms with Gasteiger partial charge < -0.3 is 0 Å². The van der Waals surface area contributed by atoms with E-state index in [9.17, 15) is 13.2 Å². The van der Waals surface area contributed by atoms with Crippen LogP contribution in [0, 0.1) is 0 Å². The van der Waals surface area contributed by atoms with E-state index < -0.39 is 12.7 Å². The summed E-state index contributed by atoms with van der Waals surface area (Å²) < 4.78 is 37.7. The minimum atomic E-state index is -4.38. The Morgan fingerprint density at radius 3 is 2.45 bits per heavy atom. The van der Waals surface area contributed by atoms with Crippen molar-refractivity contribution in [1.29, 1.82) is 0 Å². The van der Waals surface area contributed by atoms with Crippen LogP contribution in [0.15, 0.2) is 23.4 Å². The van der Waals surface area contributed by atoms with E-state index >= 15 is 0 Å². The van der Waals surface area contributed by atoms with Crippen LogP contribution in [-0.4, -0.2) is 26.4 Å². The van der Waals surface area contributed by atoms with E-state index in [4.69, 9.17) is 23.2 Å². The SMILES string of the molecule is FC(F)(F)Cn1nnnc1SCc1c(Cl)cccc1Cl. The van der Waals surface area contributed by atoms with Gasteiger partial charge in [-0.25, -0.2) is 4.68 Å². The molecule has 2 rings (SSSR count). The summed E-state index contributed by atoms with van der Waals surface area (Å²) in [5, 5.41) is 11.0. The smallest absolute Gasteiger partial charge is 0.211 e. The van der Waals surface area contributed by atoms with E-state index in [1.165, 1.54) is 0 Å². The second-order valence-electron chi connectivity index (χ2n) is 3.72. The van der Waals surface area contributed by atoms with Gasteiger partial charge in [-0.2, -0.15) is 13.2 Å². The highest BCUT2D eigenvalue weighted by atomic mass is 35.5. The number of rotatable bonds is 4. The first-order valence-corrected chi connectivity index (χ1v) is 6.99. The number of benzene rings is 1. The second-order valence-corrected chi connectivity index (χ2v) is 5.48. The van der Waals surface area contributed by atoms with Crippen molar-refractivity contribution in [3.8, 4) is 0 Å². The second kappa shape index (κ2) is 6.19. The lowest BCUT2D eigenvalue weighted by atomic mass is 10.2. The number of hydrogen-bond donors (Lipinski definition) is 0. The third-order valence-corrected chi connectivity index (χ3v) is 3.93. The molecule has 0 saturated carbocycles. The van der Waals surface area contributed by atoms with Crippen LogP contribution in [0.1, 0.15) is 5.56 Å². The molecule has 10 heteroatoms. The number of halogens is 5. The highest BCUT2D eigenvalue weighted by Crippen LogP contribution is 2.31. The summed E-state index contributed by atoms with van der Waals surface area (Å²) in [5.74, 6) is 0.275. The zero-order chi connectivity index (χ0) is 14.8. The fourth-order valence-corrected chi connectivity index (χ4v) is 2.99. The fraction of sp³-hybridized carbons (Fsp3) is 0.300. The molecular weight excluding hydrogens is 336 g/mol. The van der Waals surface area contributed by atoms with Crippen LogP contribution >= 0.6 is 35.0 Å². The maximum atomic E-state index is 12.3. The largest absolute Gasteiger partial charge is 0.408 e. The standard InChI is InChI=1S/C10H7Cl2F3N4S/c11-7-2-1-3-8(12)6(7)4-20-9-16-17-18-19(9)5-10(13,14)15/h1-3H,4-5H2. The quantitative estimate of drug-likeness (QED) is 0.792. The number of tetrazole rings is 1. The Kier molecular flexibility index (Phi) is 4.77. The molecular formula is C10H7Cl2F3N4S. The summed E-state index contributed by atoms with van der Waals surface area (Å²) in [7, 11) is 0. The van der Waals surface area contributed by atoms with Crippen LogP contribution in [0.5, 0.6) is 0 Å². The van der Waals surface area contributed by atoms with Crippen molar-refractivity contribution < 1.29 is 13.2 Å². The first kappa shape index (κ1) is 15.4. The number of aromatic nitrogens is 4. The Hall–Kier alpha value is -0.990. The number of alkyl halides is 3. The molecule has 1 aromatic heterocycles. The molecule has 0 radical (unpaired) electrons. The highest BCUT2D eigenvalue weighted by molar-refractivity contribution is 7.98. The zero-order valence-corrected chi connectivity index (χ0v) is 12.1. The first-order chi connectivity index (χ1) is 9.37. The number of hydrogen-bond acceptors (Lipinski definition) is 4. The molecule has 0 fully saturated rings. The van der Waals surface area contributed by atoms with Gasteiger partial charge in [-0.05, 0) is 28.1 Å². The Morgan fingerprint density at radius 1 is 1.20 bits per heavy atom. The van der Waals surface area contributed by atoms with Gasteiger partial charge in [-0.1, -0.05) is 41.0 Å². The van der Waals surface area contributed by atoms with Crippen molar-refractivity contribution in [2.24, 2.45) is 0 Å². The molecule has 1 aromatic carbocycles. The lowest BCUT2D eigenvalue weighted by molar-refractivity contribution is -0.144. The number of thioether (sulfide) groups is 1. The van der Waals surface area contributed by atoms with Gasteiger partial charge in [0, 0.05) is 15.8 Å². The number of nitrogens with zero attached hydrogens (tertiary/aromatic N) is 4. The molecule has 0 amide bonds. The van der Waals surface area contributed by atoms with Gasteiger partial charge in [0.15, 0.2) is 0 Å². The molecule has 2 aromatic rings. The van der Waals surface area contributed by atoms with Gasteiger partial charge in [0.25, 0.3) is 0 Å². The zero-order valence-electron chi connectivity index (χ0n) is 9.73. The summed E-state index contributed by atoms with van der Waals surface area (Å²) in [4.78, 5) is 0. The van der Waals surface area contributed by atoms with Gasteiger partial charge in [0.05, 0.1) is 0 Å². The van der Waals surface area contributed by atoms with Crippen molar-refractivity contribution in [1.82, 2.24) is 20.2 Å². The van der Waals surface area contributed by atoms with Crippen molar-refractivity contribution in [3.63, 3.8) is 0 Å². The molecule has 0 bridgehead atoms. The summed E-state index contributed by atoms with van der Waals surface area (Å²) in [6.07, 6.45) is -4.38. The van der Waals surface area contributed by atoms with Gasteiger partial charge in [0.1, 0.15) is 6.54 Å². The molecule has 0 aliphatic rings. The van der Waals surface area contributed by atoms with Crippen LogP contribution in [0.2, 0.25) is 10.0 Å². The molecule has 0 aliphatic carbocycles. The van der Waals surface area contributed by atoms with Crippen LogP contribution in [0.4, 0.5) is 13.2 Å².